The van der Waals surface area contributed by atoms with Crippen LogP contribution >= 0.6 is 11.3 Å². The Bertz CT molecular complexity index is 1640. The second kappa shape index (κ2) is 18.6. The summed E-state index contributed by atoms with van der Waals surface area (Å²) in [5.41, 5.74) is 2.01. The van der Waals surface area contributed by atoms with Crippen LogP contribution in [0, 0.1) is 5.82 Å². The average molecular weight is 664 g/mol. The third-order valence-electron chi connectivity index (χ3n) is 6.21. The minimum atomic E-state index is -0.552. The summed E-state index contributed by atoms with van der Waals surface area (Å²) < 4.78 is 37.0. The van der Waals surface area contributed by atoms with Gasteiger partial charge in [-0.05, 0) is 92.4 Å². The standard InChI is InChI=1S/C35H36FNO7S.C2H6/c1-35(2,3)44-32(40)22-42-20-19-41-18-4-5-24(16-17-37-23-38)25-8-13-29(14-9-25)43-33-30-15-12-28(39)21-31(30)45-34(33)26-6-10-27(36)11-7-26;1-2/h5-17,21,23,39H,4,18-20,22H2,1-3H3,(H,37,38);1-2H3/b17-16-,24-5+;. The highest BCUT2D eigenvalue weighted by molar-refractivity contribution is 7.22. The van der Waals surface area contributed by atoms with Crippen molar-refractivity contribution in [2.24, 2.45) is 0 Å². The zero-order valence-corrected chi connectivity index (χ0v) is 28.2. The molecule has 0 aliphatic heterocycles. The number of ether oxygens (including phenoxy) is 4. The van der Waals surface area contributed by atoms with Crippen LogP contribution in [0.25, 0.3) is 26.1 Å². The van der Waals surface area contributed by atoms with Crippen LogP contribution in [0.1, 0.15) is 46.6 Å². The maximum absolute atomic E-state index is 13.6. The van der Waals surface area contributed by atoms with Gasteiger partial charge in [-0.25, -0.2) is 9.18 Å². The second-order valence-electron chi connectivity index (χ2n) is 10.9. The number of aromatic hydroxyl groups is 1. The van der Waals surface area contributed by atoms with Crippen molar-refractivity contribution in [2.45, 2.75) is 46.6 Å². The molecule has 0 aliphatic carbocycles. The molecule has 1 heterocycles. The van der Waals surface area contributed by atoms with Gasteiger partial charge in [-0.2, -0.15) is 0 Å². The number of amides is 1. The molecule has 10 heteroatoms. The predicted molar refractivity (Wildman–Crippen MR) is 185 cm³/mol. The van der Waals surface area contributed by atoms with Crippen LogP contribution in [0.15, 0.2) is 85.1 Å². The maximum Gasteiger partial charge on any atom is 0.332 e. The predicted octanol–water partition coefficient (Wildman–Crippen LogP) is 8.64. The Morgan fingerprint density at radius 2 is 1.66 bits per heavy atom. The monoisotopic (exact) mass is 663 g/mol. The number of nitrogens with one attached hydrogen (secondary N) is 1. The fourth-order valence-electron chi connectivity index (χ4n) is 4.29. The van der Waals surface area contributed by atoms with Crippen molar-refractivity contribution in [1.82, 2.24) is 5.32 Å². The molecule has 250 valence electrons. The minimum Gasteiger partial charge on any atom is -0.508 e. The lowest BCUT2D eigenvalue weighted by atomic mass is 10.0. The number of phenols is 1. The summed E-state index contributed by atoms with van der Waals surface area (Å²) in [5.74, 6) is 0.622. The fourth-order valence-corrected chi connectivity index (χ4v) is 5.46. The summed E-state index contributed by atoms with van der Waals surface area (Å²) in [5, 5.41) is 13.4. The molecule has 8 nitrogen and oxygen atoms in total. The van der Waals surface area contributed by atoms with Gasteiger partial charge < -0.3 is 29.4 Å². The number of rotatable bonds is 15. The normalized spacial score (nSPS) is 11.7. The Hall–Kier alpha value is -4.51. The number of allylic oxidation sites excluding steroid dienone is 2. The van der Waals surface area contributed by atoms with Crippen LogP contribution in [0.2, 0.25) is 0 Å². The molecule has 1 aromatic heterocycles. The summed E-state index contributed by atoms with van der Waals surface area (Å²) in [6.45, 7) is 10.3. The van der Waals surface area contributed by atoms with E-state index in [0.717, 1.165) is 31.7 Å². The van der Waals surface area contributed by atoms with Crippen LogP contribution in [0.4, 0.5) is 4.39 Å². The van der Waals surface area contributed by atoms with E-state index in [-0.39, 0.29) is 24.8 Å². The topological polar surface area (TPSA) is 103 Å². The first-order valence-electron chi connectivity index (χ1n) is 15.4. The van der Waals surface area contributed by atoms with Crippen molar-refractivity contribution in [1.29, 1.82) is 0 Å². The van der Waals surface area contributed by atoms with Crippen molar-refractivity contribution in [3.8, 4) is 27.7 Å². The zero-order chi connectivity index (χ0) is 34.2. The average Bonchev–Trinajstić information content (AvgIpc) is 3.39. The van der Waals surface area contributed by atoms with Gasteiger partial charge in [0.15, 0.2) is 5.75 Å². The number of esters is 1. The molecule has 0 radical (unpaired) electrons. The number of benzene rings is 3. The first-order valence-corrected chi connectivity index (χ1v) is 16.2. The highest BCUT2D eigenvalue weighted by Gasteiger charge is 2.18. The number of halogens is 1. The lowest BCUT2D eigenvalue weighted by molar-refractivity contribution is -0.160. The molecular formula is C37H42FNO7S. The molecule has 0 saturated heterocycles. The first-order chi connectivity index (χ1) is 22.6. The zero-order valence-electron chi connectivity index (χ0n) is 27.4. The molecule has 4 aromatic rings. The Balaban J connectivity index is 0.00000294. The molecule has 0 spiro atoms. The number of thiophene rings is 1. The van der Waals surface area contributed by atoms with Crippen LogP contribution in [-0.4, -0.2) is 49.5 Å². The molecule has 0 saturated carbocycles. The molecule has 0 atom stereocenters. The Kier molecular flexibility index (Phi) is 14.6. The van der Waals surface area contributed by atoms with Crippen LogP contribution in [0.5, 0.6) is 17.2 Å². The van der Waals surface area contributed by atoms with Gasteiger partial charge in [-0.15, -0.1) is 11.3 Å². The van der Waals surface area contributed by atoms with E-state index in [2.05, 4.69) is 5.32 Å². The van der Waals surface area contributed by atoms with Crippen LogP contribution in [-0.2, 0) is 23.8 Å². The second-order valence-corrected chi connectivity index (χ2v) is 11.9. The molecular weight excluding hydrogens is 621 g/mol. The number of fused-ring (bicyclic) bond motifs is 1. The van der Waals surface area contributed by atoms with Gasteiger partial charge in [-0.1, -0.05) is 44.2 Å². The van der Waals surface area contributed by atoms with Crippen molar-refractivity contribution >= 4 is 39.4 Å². The number of hydrogen-bond acceptors (Lipinski definition) is 8. The van der Waals surface area contributed by atoms with Crippen molar-refractivity contribution in [3.05, 3.63) is 96.5 Å². The smallest absolute Gasteiger partial charge is 0.332 e. The van der Waals surface area contributed by atoms with Gasteiger partial charge in [0.25, 0.3) is 0 Å². The number of hydrogen-bond donors (Lipinski definition) is 2. The van der Waals surface area contributed by atoms with E-state index >= 15 is 0 Å². The fraction of sp³-hybridized carbons (Fsp3) is 0.297. The quantitative estimate of drug-likeness (QED) is 0.0568. The molecule has 4 rings (SSSR count). The van der Waals surface area contributed by atoms with E-state index in [4.69, 9.17) is 18.9 Å². The highest BCUT2D eigenvalue weighted by Crippen LogP contribution is 2.47. The molecule has 3 aromatic carbocycles. The van der Waals surface area contributed by atoms with E-state index in [9.17, 15) is 19.1 Å². The summed E-state index contributed by atoms with van der Waals surface area (Å²) in [6, 6.07) is 18.8. The highest BCUT2D eigenvalue weighted by atomic mass is 32.1. The van der Waals surface area contributed by atoms with E-state index in [1.54, 1.807) is 63.4 Å². The van der Waals surface area contributed by atoms with Crippen molar-refractivity contribution < 1.29 is 38.0 Å². The largest absolute Gasteiger partial charge is 0.508 e. The van der Waals surface area contributed by atoms with Gasteiger partial charge in [0, 0.05) is 16.3 Å². The lowest BCUT2D eigenvalue weighted by Crippen LogP contribution is -2.27. The molecule has 0 unspecified atom stereocenters. The van der Waals surface area contributed by atoms with Gasteiger partial charge in [-0.3, -0.25) is 4.79 Å². The number of carbonyl (C=O) groups is 2. The van der Waals surface area contributed by atoms with Crippen LogP contribution in [0.3, 0.4) is 0 Å². The SMILES string of the molecule is CC.CC(C)(C)OC(=O)COCCOCC/C=C(\C=C/NC=O)c1ccc(Oc2c(-c3ccc(F)cc3)sc3cc(O)ccc23)cc1. The van der Waals surface area contributed by atoms with Crippen molar-refractivity contribution in [2.75, 3.05) is 26.4 Å². The third-order valence-corrected chi connectivity index (χ3v) is 7.39. The Morgan fingerprint density at radius 1 is 0.957 bits per heavy atom. The van der Waals surface area contributed by atoms with Gasteiger partial charge in [0.1, 0.15) is 29.5 Å². The molecule has 1 amide bonds. The summed E-state index contributed by atoms with van der Waals surface area (Å²) in [4.78, 5) is 23.3. The van der Waals surface area contributed by atoms with Gasteiger partial charge in [0.2, 0.25) is 6.41 Å². The summed E-state index contributed by atoms with van der Waals surface area (Å²) >= 11 is 1.45. The minimum absolute atomic E-state index is 0.126. The Labute approximate surface area is 279 Å². The summed E-state index contributed by atoms with van der Waals surface area (Å²) in [6.07, 6.45) is 6.52. The number of carbonyl (C=O) groups excluding carboxylic acids is 2. The van der Waals surface area contributed by atoms with E-state index in [0.29, 0.717) is 37.5 Å². The van der Waals surface area contributed by atoms with E-state index < -0.39 is 11.6 Å². The van der Waals surface area contributed by atoms with Gasteiger partial charge >= 0.3 is 5.97 Å². The molecule has 0 fully saturated rings. The maximum atomic E-state index is 13.6. The molecule has 0 bridgehead atoms. The third kappa shape index (κ3) is 12.0. The first kappa shape index (κ1) is 37.0. The van der Waals surface area contributed by atoms with E-state index in [1.165, 1.54) is 23.5 Å². The molecule has 0 aliphatic rings. The van der Waals surface area contributed by atoms with Crippen molar-refractivity contribution in [3.63, 3.8) is 0 Å². The lowest BCUT2D eigenvalue weighted by Gasteiger charge is -2.19. The molecule has 2 N–H and O–H groups in total. The summed E-state index contributed by atoms with van der Waals surface area (Å²) in [7, 11) is 0. The Morgan fingerprint density at radius 3 is 2.34 bits per heavy atom. The van der Waals surface area contributed by atoms with Crippen LogP contribution < -0.4 is 10.1 Å². The number of phenolic OH excluding ortho intramolecular Hbond substituents is 1. The van der Waals surface area contributed by atoms with E-state index in [1.807, 2.05) is 44.2 Å². The molecule has 47 heavy (non-hydrogen) atoms. The van der Waals surface area contributed by atoms with Gasteiger partial charge in [0.05, 0.1) is 24.7 Å².